The Hall–Kier alpha value is -3.20. The minimum atomic E-state index is -4.54. The first kappa shape index (κ1) is 26.4. The molecule has 5 rings (SSSR count). The van der Waals surface area contributed by atoms with Crippen LogP contribution in [0.1, 0.15) is 30.0 Å². The van der Waals surface area contributed by atoms with Gasteiger partial charge in [-0.1, -0.05) is 50.2 Å². The second kappa shape index (κ2) is 10.2. The maximum atomic E-state index is 14.2. The Bertz CT molecular complexity index is 1520. The molecule has 38 heavy (non-hydrogen) atoms. The zero-order valence-electron chi connectivity index (χ0n) is 21.5. The van der Waals surface area contributed by atoms with Crippen molar-refractivity contribution in [2.45, 2.75) is 26.9 Å². The van der Waals surface area contributed by atoms with Gasteiger partial charge in [-0.15, -0.1) is 11.3 Å². The van der Waals surface area contributed by atoms with Crippen LogP contribution in [0, 0.1) is 6.92 Å². The van der Waals surface area contributed by atoms with E-state index < -0.39 is 19.1 Å². The van der Waals surface area contributed by atoms with Gasteiger partial charge >= 0.3 is 6.18 Å². The molecule has 2 aromatic carbocycles. The Labute approximate surface area is 224 Å². The van der Waals surface area contributed by atoms with Crippen LogP contribution in [0.4, 0.5) is 24.7 Å². The van der Waals surface area contributed by atoms with E-state index in [1.807, 2.05) is 80.3 Å². The lowest BCUT2D eigenvalue weighted by molar-refractivity contribution is -0.137. The number of halogens is 3. The number of aliphatic imine (C=N–C) groups is 1. The second-order valence-corrected chi connectivity index (χ2v) is 12.7. The van der Waals surface area contributed by atoms with Crippen molar-refractivity contribution in [1.82, 2.24) is 19.1 Å². The van der Waals surface area contributed by atoms with E-state index >= 15 is 0 Å². The third-order valence-electron chi connectivity index (χ3n) is 6.57. The molecule has 11 heteroatoms. The summed E-state index contributed by atoms with van der Waals surface area (Å²) in [6, 6.07) is 19.1. The van der Waals surface area contributed by atoms with E-state index in [1.54, 1.807) is 10.7 Å². The zero-order chi connectivity index (χ0) is 27.1. The molecule has 2 aromatic heterocycles. The molecule has 0 N–H and O–H groups in total. The summed E-state index contributed by atoms with van der Waals surface area (Å²) < 4.78 is 53.6. The highest BCUT2D eigenvalue weighted by molar-refractivity contribution is 7.70. The highest BCUT2D eigenvalue weighted by Gasteiger charge is 2.45. The number of aryl methyl sites for hydroxylation is 1. The van der Waals surface area contributed by atoms with Crippen LogP contribution in [0.25, 0.3) is 5.69 Å². The summed E-state index contributed by atoms with van der Waals surface area (Å²) in [5.41, 5.74) is 0.675. The second-order valence-electron chi connectivity index (χ2n) is 8.76. The average molecular weight is 557 g/mol. The largest absolute Gasteiger partial charge is 0.418 e. The Morgan fingerprint density at radius 1 is 0.974 bits per heavy atom. The number of alkyl halides is 3. The topological polar surface area (TPSA) is 49.0 Å². The number of aromatic nitrogens is 2. The Morgan fingerprint density at radius 2 is 1.66 bits per heavy atom. The molecule has 198 valence electrons. The normalized spacial score (nSPS) is 17.5. The molecule has 6 nitrogen and oxygen atoms in total. The summed E-state index contributed by atoms with van der Waals surface area (Å²) in [7, 11) is -1.15. The predicted octanol–water partition coefficient (Wildman–Crippen LogP) is 7.61. The van der Waals surface area contributed by atoms with Crippen molar-refractivity contribution in [3.8, 4) is 5.69 Å². The number of para-hydroxylation sites is 1. The Balaban J connectivity index is 1.94. The SMILES string of the molecule is CCN(CC)[P@@]1(=Nc2ccccc2C(F)(F)F)c2c(C)nn(-c3ccccc3)c2N=C(c2cccs2)N1C. The molecule has 1 aliphatic heterocycles. The Kier molecular flexibility index (Phi) is 7.07. The number of benzene rings is 2. The molecule has 4 aromatic rings. The van der Waals surface area contributed by atoms with Gasteiger partial charge in [0.2, 0.25) is 0 Å². The fourth-order valence-electron chi connectivity index (χ4n) is 4.86. The Morgan fingerprint density at radius 3 is 2.29 bits per heavy atom. The van der Waals surface area contributed by atoms with Crippen LogP contribution in [-0.4, -0.2) is 45.1 Å². The van der Waals surface area contributed by atoms with Crippen molar-refractivity contribution in [2.24, 2.45) is 9.74 Å². The highest BCUT2D eigenvalue weighted by Crippen LogP contribution is 2.62. The first-order valence-electron chi connectivity index (χ1n) is 12.3. The van der Waals surface area contributed by atoms with E-state index in [4.69, 9.17) is 14.8 Å². The van der Waals surface area contributed by atoms with Gasteiger partial charge in [0.25, 0.3) is 0 Å². The van der Waals surface area contributed by atoms with E-state index in [1.165, 1.54) is 23.5 Å². The maximum absolute atomic E-state index is 14.2. The van der Waals surface area contributed by atoms with E-state index in [2.05, 4.69) is 4.67 Å². The number of rotatable bonds is 6. The summed E-state index contributed by atoms with van der Waals surface area (Å²) in [6.07, 6.45) is -4.54. The van der Waals surface area contributed by atoms with Crippen LogP contribution >= 0.6 is 18.7 Å². The van der Waals surface area contributed by atoms with Crippen molar-refractivity contribution in [2.75, 3.05) is 20.1 Å². The van der Waals surface area contributed by atoms with Gasteiger partial charge in [-0.05, 0) is 42.6 Å². The molecule has 0 aliphatic carbocycles. The van der Waals surface area contributed by atoms with Crippen LogP contribution in [0.2, 0.25) is 0 Å². The summed E-state index contributed by atoms with van der Waals surface area (Å²) >= 11 is 1.53. The molecule has 0 saturated carbocycles. The molecule has 1 atom stereocenters. The van der Waals surface area contributed by atoms with Crippen LogP contribution in [-0.2, 0) is 6.18 Å². The molecule has 0 fully saturated rings. The van der Waals surface area contributed by atoms with Crippen LogP contribution < -0.4 is 5.30 Å². The van der Waals surface area contributed by atoms with Gasteiger partial charge < -0.3 is 4.67 Å². The molecule has 1 aliphatic rings. The minimum Gasteiger partial charge on any atom is -0.309 e. The van der Waals surface area contributed by atoms with Gasteiger partial charge in [-0.25, -0.2) is 14.4 Å². The van der Waals surface area contributed by atoms with Gasteiger partial charge in [0.15, 0.2) is 19.0 Å². The standard InChI is InChI=1S/C27H28F3N6PS/c1-5-35(6-2)37(33-22-16-11-10-15-21(22)27(28,29)30)24-19(3)32-36(20-13-8-7-9-14-20)26(24)31-25(34(37)4)23-17-12-18-38-23/h7-18H,5-6H2,1-4H3/t37-/m1/s1. The van der Waals surface area contributed by atoms with Gasteiger partial charge in [-0.2, -0.15) is 18.3 Å². The van der Waals surface area contributed by atoms with E-state index in [0.717, 1.165) is 21.9 Å². The zero-order valence-corrected chi connectivity index (χ0v) is 23.2. The van der Waals surface area contributed by atoms with Crippen molar-refractivity contribution in [3.63, 3.8) is 0 Å². The third kappa shape index (κ3) is 4.30. The molecule has 0 unspecified atom stereocenters. The van der Waals surface area contributed by atoms with Crippen molar-refractivity contribution in [1.29, 1.82) is 0 Å². The fourth-order valence-corrected chi connectivity index (χ4v) is 9.57. The molecular formula is C27H28F3N6PS. The monoisotopic (exact) mass is 556 g/mol. The van der Waals surface area contributed by atoms with Crippen LogP contribution in [0.3, 0.4) is 0 Å². The summed E-state index contributed by atoms with van der Waals surface area (Å²) in [5.74, 6) is 1.27. The minimum absolute atomic E-state index is 0.0858. The number of thiophene rings is 1. The van der Waals surface area contributed by atoms with Crippen molar-refractivity contribution >= 4 is 41.3 Å². The molecule has 0 saturated heterocycles. The predicted molar refractivity (Wildman–Crippen MR) is 150 cm³/mol. The summed E-state index contributed by atoms with van der Waals surface area (Å²) in [4.78, 5) is 6.01. The highest BCUT2D eigenvalue weighted by atomic mass is 32.1. The third-order valence-corrected chi connectivity index (χ3v) is 11.4. The number of hydrogen-bond acceptors (Lipinski definition) is 4. The molecule has 0 amide bonds. The first-order valence-corrected chi connectivity index (χ1v) is 14.8. The fraction of sp³-hybridized carbons (Fsp3) is 0.259. The van der Waals surface area contributed by atoms with Gasteiger partial charge in [0, 0.05) is 20.1 Å². The number of amidine groups is 1. The molecular weight excluding hydrogens is 528 g/mol. The lowest BCUT2D eigenvalue weighted by Gasteiger charge is -2.44. The number of nitrogens with zero attached hydrogens (tertiary/aromatic N) is 6. The molecule has 0 bridgehead atoms. The lowest BCUT2D eigenvalue weighted by Crippen LogP contribution is -2.41. The van der Waals surface area contributed by atoms with Crippen LogP contribution in [0.15, 0.2) is 81.8 Å². The first-order chi connectivity index (χ1) is 18.2. The van der Waals surface area contributed by atoms with Gasteiger partial charge in [0.1, 0.15) is 0 Å². The quantitative estimate of drug-likeness (QED) is 0.230. The molecule has 0 radical (unpaired) electrons. The smallest absolute Gasteiger partial charge is 0.309 e. The van der Waals surface area contributed by atoms with Crippen molar-refractivity contribution in [3.05, 3.63) is 88.2 Å². The molecule has 0 spiro atoms. The summed E-state index contributed by atoms with van der Waals surface area (Å²) in [5, 5.41) is 7.61. The van der Waals surface area contributed by atoms with Crippen molar-refractivity contribution < 1.29 is 13.2 Å². The van der Waals surface area contributed by atoms with Crippen LogP contribution in [0.5, 0.6) is 0 Å². The van der Waals surface area contributed by atoms with E-state index in [9.17, 15) is 13.2 Å². The van der Waals surface area contributed by atoms with Gasteiger partial charge in [-0.3, -0.25) is 4.67 Å². The number of fused-ring (bicyclic) bond motifs is 1. The van der Waals surface area contributed by atoms with E-state index in [-0.39, 0.29) is 5.69 Å². The lowest BCUT2D eigenvalue weighted by atomic mass is 10.2. The van der Waals surface area contributed by atoms with E-state index in [0.29, 0.717) is 30.4 Å². The van der Waals surface area contributed by atoms with Gasteiger partial charge in [0.05, 0.1) is 32.8 Å². The maximum Gasteiger partial charge on any atom is 0.418 e. The molecule has 3 heterocycles. The summed E-state index contributed by atoms with van der Waals surface area (Å²) in [6.45, 7) is 7.08. The average Bonchev–Trinajstić information content (AvgIpc) is 3.55. The number of hydrogen-bond donors (Lipinski definition) is 0.